The van der Waals surface area contributed by atoms with Gasteiger partial charge in [0.05, 0.1) is 12.9 Å². The zero-order chi connectivity index (χ0) is 27.4. The van der Waals surface area contributed by atoms with Crippen LogP contribution < -0.4 is 0 Å². The van der Waals surface area contributed by atoms with E-state index >= 15 is 0 Å². The molecule has 0 bridgehead atoms. The molecule has 4 aliphatic rings. The molecule has 0 aliphatic heterocycles. The van der Waals surface area contributed by atoms with Gasteiger partial charge in [0.1, 0.15) is 0 Å². The van der Waals surface area contributed by atoms with Crippen LogP contribution in [0.15, 0.2) is 11.8 Å². The molecule has 0 aromatic heterocycles. The summed E-state index contributed by atoms with van der Waals surface area (Å²) in [4.78, 5) is 11.9. The molecule has 3 fully saturated rings. The Morgan fingerprint density at radius 3 is 2.24 bits per heavy atom. The third kappa shape index (κ3) is 5.96. The fraction of sp³-hybridized carbons (Fsp3) is 0.903. The van der Waals surface area contributed by atoms with Gasteiger partial charge in [-0.3, -0.25) is 4.79 Å². The topological polar surface area (TPSA) is 44.8 Å². The lowest BCUT2D eigenvalue weighted by Crippen LogP contribution is -2.55. The molecule has 0 N–H and O–H groups in total. The first-order valence-corrected chi connectivity index (χ1v) is 22.0. The van der Waals surface area contributed by atoms with E-state index in [1.54, 1.807) is 0 Å². The van der Waals surface area contributed by atoms with E-state index in [0.29, 0.717) is 58.9 Å². The molecule has 4 nitrogen and oxygen atoms in total. The number of hydrogen-bond donors (Lipinski definition) is 0. The van der Waals surface area contributed by atoms with E-state index in [0.717, 1.165) is 12.8 Å². The van der Waals surface area contributed by atoms with Crippen molar-refractivity contribution in [3.8, 4) is 0 Å². The number of ether oxygens (including phenoxy) is 1. The molecule has 0 amide bonds. The Kier molecular flexibility index (Phi) is 8.28. The maximum atomic E-state index is 11.9. The van der Waals surface area contributed by atoms with Gasteiger partial charge in [0.2, 0.25) is 8.32 Å². The Labute approximate surface area is 229 Å². The van der Waals surface area contributed by atoms with E-state index in [-0.39, 0.29) is 5.97 Å². The second kappa shape index (κ2) is 10.4. The van der Waals surface area contributed by atoms with Gasteiger partial charge in [0.25, 0.3) is 0 Å². The van der Waals surface area contributed by atoms with Crippen LogP contribution in [0.1, 0.15) is 78.6 Å². The Morgan fingerprint density at radius 2 is 1.62 bits per heavy atom. The van der Waals surface area contributed by atoms with E-state index in [1.807, 2.05) is 0 Å². The minimum absolute atomic E-state index is 0.0658. The number of rotatable bonds is 8. The number of carbonyl (C=O) groups excluding carboxylic acids is 1. The third-order valence-corrected chi connectivity index (χ3v) is 12.8. The predicted octanol–water partition coefficient (Wildman–Crippen LogP) is 8.41. The highest BCUT2D eigenvalue weighted by atomic mass is 28.4. The van der Waals surface area contributed by atoms with Crippen LogP contribution in [0.2, 0.25) is 39.3 Å². The van der Waals surface area contributed by atoms with Crippen LogP contribution in [0.5, 0.6) is 0 Å². The Hall–Kier alpha value is -0.596. The molecule has 9 atom stereocenters. The van der Waals surface area contributed by atoms with Crippen molar-refractivity contribution >= 4 is 22.6 Å². The number of methoxy groups -OCH3 is 1. The fourth-order valence-corrected chi connectivity index (χ4v) is 11.4. The van der Waals surface area contributed by atoms with Crippen molar-refractivity contribution in [2.75, 3.05) is 7.11 Å². The summed E-state index contributed by atoms with van der Waals surface area (Å²) in [5, 5.41) is 0. The summed E-state index contributed by atoms with van der Waals surface area (Å²) in [7, 11) is -1.78. The number of esters is 1. The predicted molar refractivity (Wildman–Crippen MR) is 157 cm³/mol. The van der Waals surface area contributed by atoms with Crippen molar-refractivity contribution in [2.45, 2.75) is 124 Å². The molecule has 0 radical (unpaired) electrons. The normalized spacial score (nSPS) is 40.6. The van der Waals surface area contributed by atoms with Gasteiger partial charge in [-0.15, -0.1) is 0 Å². The van der Waals surface area contributed by atoms with Gasteiger partial charge in [0.15, 0.2) is 8.32 Å². The van der Waals surface area contributed by atoms with Crippen LogP contribution in [0.4, 0.5) is 0 Å². The first kappa shape index (κ1) is 29.4. The lowest BCUT2D eigenvalue weighted by molar-refractivity contribution is -0.141. The quantitative estimate of drug-likeness (QED) is 0.226. The Bertz CT molecular complexity index is 873. The van der Waals surface area contributed by atoms with Crippen LogP contribution in [-0.2, 0) is 18.4 Å². The highest BCUT2D eigenvalue weighted by Gasteiger charge is 2.62. The molecular formula is C31H56O4Si2. The molecule has 4 aliphatic carbocycles. The summed E-state index contributed by atoms with van der Waals surface area (Å²) in [6.45, 7) is 21.7. The number of fused-ring (bicyclic) bond motifs is 5. The molecule has 3 saturated carbocycles. The van der Waals surface area contributed by atoms with Crippen LogP contribution in [-0.4, -0.2) is 35.8 Å². The lowest BCUT2D eigenvalue weighted by Gasteiger charge is -2.60. The lowest BCUT2D eigenvalue weighted by atomic mass is 9.46. The molecule has 0 spiro atoms. The molecule has 212 valence electrons. The minimum atomic E-state index is -1.74. The van der Waals surface area contributed by atoms with Crippen molar-refractivity contribution in [3.63, 3.8) is 0 Å². The Balaban J connectivity index is 1.63. The molecule has 0 saturated heterocycles. The van der Waals surface area contributed by atoms with Gasteiger partial charge in [-0.25, -0.2) is 0 Å². The third-order valence-electron chi connectivity index (χ3n) is 10.9. The highest BCUT2D eigenvalue weighted by Crippen LogP contribution is 2.68. The SMILES string of the molecule is COC(=O)CC[C@@H](C)[C@H]1CC[C@H]2[C@@H]3C(O[Si](C)(C)C)=C[C@@H]4C[C@H](O[Si](C)(C)C)CC[C@]4(C)[C@H]3CC[C@]12C. The van der Waals surface area contributed by atoms with E-state index in [1.165, 1.54) is 51.4 Å². The van der Waals surface area contributed by atoms with Gasteiger partial charge in [-0.05, 0) is 137 Å². The van der Waals surface area contributed by atoms with E-state index in [9.17, 15) is 4.79 Å². The summed E-state index contributed by atoms with van der Waals surface area (Å²) in [6, 6.07) is 0. The summed E-state index contributed by atoms with van der Waals surface area (Å²) in [6.07, 6.45) is 13.4. The summed E-state index contributed by atoms with van der Waals surface area (Å²) in [5.74, 6) is 5.05. The van der Waals surface area contributed by atoms with Gasteiger partial charge >= 0.3 is 5.97 Å². The van der Waals surface area contributed by atoms with E-state index < -0.39 is 16.6 Å². The van der Waals surface area contributed by atoms with Crippen molar-refractivity contribution in [2.24, 2.45) is 46.3 Å². The van der Waals surface area contributed by atoms with Crippen molar-refractivity contribution < 1.29 is 18.4 Å². The molecular weight excluding hydrogens is 493 g/mol. The van der Waals surface area contributed by atoms with E-state index in [4.69, 9.17) is 13.6 Å². The van der Waals surface area contributed by atoms with Crippen molar-refractivity contribution in [1.82, 2.24) is 0 Å². The van der Waals surface area contributed by atoms with Gasteiger partial charge in [-0.2, -0.15) is 0 Å². The van der Waals surface area contributed by atoms with E-state index in [2.05, 4.69) is 66.1 Å². The number of allylic oxidation sites excluding steroid dienone is 2. The molecule has 0 heterocycles. The fourth-order valence-electron chi connectivity index (χ4n) is 9.32. The molecule has 4 rings (SSSR count). The molecule has 0 aromatic rings. The van der Waals surface area contributed by atoms with Gasteiger partial charge in [0, 0.05) is 18.4 Å². The molecule has 6 heteroatoms. The largest absolute Gasteiger partial charge is 0.547 e. The maximum absolute atomic E-state index is 11.9. The summed E-state index contributed by atoms with van der Waals surface area (Å²) < 4.78 is 18.6. The van der Waals surface area contributed by atoms with Crippen molar-refractivity contribution in [3.05, 3.63) is 11.8 Å². The molecule has 37 heavy (non-hydrogen) atoms. The number of carbonyl (C=O) groups is 1. The average Bonchev–Trinajstić information content (AvgIpc) is 3.13. The zero-order valence-corrected chi connectivity index (χ0v) is 27.6. The highest BCUT2D eigenvalue weighted by molar-refractivity contribution is 6.70. The van der Waals surface area contributed by atoms with Crippen LogP contribution in [0.3, 0.4) is 0 Å². The maximum Gasteiger partial charge on any atom is 0.305 e. The Morgan fingerprint density at radius 1 is 0.973 bits per heavy atom. The second-order valence-corrected chi connectivity index (χ2v) is 24.5. The smallest absolute Gasteiger partial charge is 0.305 e. The summed E-state index contributed by atoms with van der Waals surface area (Å²) in [5.41, 5.74) is 0.687. The minimum Gasteiger partial charge on any atom is -0.547 e. The molecule has 0 unspecified atom stereocenters. The monoisotopic (exact) mass is 548 g/mol. The molecule has 0 aromatic carbocycles. The zero-order valence-electron chi connectivity index (χ0n) is 25.6. The van der Waals surface area contributed by atoms with Crippen LogP contribution >= 0.6 is 0 Å². The number of hydrogen-bond acceptors (Lipinski definition) is 4. The first-order valence-electron chi connectivity index (χ1n) is 15.2. The second-order valence-electron chi connectivity index (χ2n) is 15.6. The van der Waals surface area contributed by atoms with Crippen LogP contribution in [0.25, 0.3) is 0 Å². The average molecular weight is 549 g/mol. The summed E-state index contributed by atoms with van der Waals surface area (Å²) >= 11 is 0. The van der Waals surface area contributed by atoms with Gasteiger partial charge < -0.3 is 13.6 Å². The van der Waals surface area contributed by atoms with Gasteiger partial charge in [-0.1, -0.05) is 20.8 Å². The van der Waals surface area contributed by atoms with Crippen molar-refractivity contribution in [1.29, 1.82) is 0 Å². The van der Waals surface area contributed by atoms with Crippen LogP contribution in [0, 0.1) is 46.3 Å². The standard InChI is InChI=1S/C31H56O4Si2/c1-21(11-14-28(32)33-4)24-12-13-25-29-26(16-18-31(24,25)3)30(2)17-15-23(34-36(5,6)7)19-22(30)20-27(29)35-37(8,9)10/h20-26,29H,11-19H2,1-10H3/t21-,22+,23-,24-,25+,26+,29+,30+,31-/m1/s1. The first-order chi connectivity index (χ1) is 17.1.